The number of carbonyl (C=O) groups is 1. The van der Waals surface area contributed by atoms with Gasteiger partial charge in [-0.15, -0.1) is 4.41 Å². The number of amides is 1. The lowest BCUT2D eigenvalue weighted by Crippen LogP contribution is -2.50. The van der Waals surface area contributed by atoms with Crippen molar-refractivity contribution in [2.24, 2.45) is 4.99 Å². The van der Waals surface area contributed by atoms with Crippen molar-refractivity contribution >= 4 is 22.6 Å². The van der Waals surface area contributed by atoms with Gasteiger partial charge in [-0.1, -0.05) is 0 Å². The van der Waals surface area contributed by atoms with Crippen LogP contribution in [0.3, 0.4) is 0 Å². The number of likely N-dealkylation sites (N-methyl/N-ethyl adjacent to an activating group) is 1. The normalized spacial score (nSPS) is 24.2. The summed E-state index contributed by atoms with van der Waals surface area (Å²) in [6, 6.07) is -0.522. The average molecular weight is 247 g/mol. The Hall–Kier alpha value is -0.950. The fraction of sp³-hybridized carbons (Fsp3) is 0.778. The highest BCUT2D eigenvalue weighted by Gasteiger charge is 2.34. The van der Waals surface area contributed by atoms with Gasteiger partial charge in [0.2, 0.25) is 10.0 Å². The molecule has 0 unspecified atom stereocenters. The lowest BCUT2D eigenvalue weighted by Gasteiger charge is -2.30. The lowest BCUT2D eigenvalue weighted by molar-refractivity contribution is -0.140. The molecule has 92 valence electrons. The maximum absolute atomic E-state index is 12.0. The predicted molar refractivity (Wildman–Crippen MR) is 61.5 cm³/mol. The number of hydrogen-bond donors (Lipinski definition) is 0. The van der Waals surface area contributed by atoms with Crippen LogP contribution in [0.2, 0.25) is 0 Å². The second-order valence-electron chi connectivity index (χ2n) is 3.70. The lowest BCUT2D eigenvalue weighted by atomic mass is 10.1. The van der Waals surface area contributed by atoms with Gasteiger partial charge in [-0.05, 0) is 26.5 Å². The van der Waals surface area contributed by atoms with E-state index in [4.69, 9.17) is 0 Å². The van der Waals surface area contributed by atoms with Gasteiger partial charge in [0.1, 0.15) is 6.04 Å². The zero-order chi connectivity index (χ0) is 12.3. The minimum atomic E-state index is -3.40. The quantitative estimate of drug-likeness (QED) is 0.653. The van der Waals surface area contributed by atoms with Crippen molar-refractivity contribution in [2.75, 3.05) is 19.3 Å². The summed E-state index contributed by atoms with van der Waals surface area (Å²) < 4.78 is 24.2. The van der Waals surface area contributed by atoms with E-state index in [9.17, 15) is 13.2 Å². The third kappa shape index (κ3) is 2.59. The van der Waals surface area contributed by atoms with Crippen molar-refractivity contribution in [2.45, 2.75) is 25.8 Å². The van der Waals surface area contributed by atoms with E-state index >= 15 is 0 Å². The average Bonchev–Trinajstić information content (AvgIpc) is 2.36. The van der Waals surface area contributed by atoms with Crippen LogP contribution in [0.1, 0.15) is 19.8 Å². The second-order valence-corrected chi connectivity index (χ2v) is 5.59. The zero-order valence-electron chi connectivity index (χ0n) is 9.59. The van der Waals surface area contributed by atoms with E-state index in [-0.39, 0.29) is 5.91 Å². The SMILES string of the molecule is C=N[C@H]1CCCN(S(C)(=O)=O)N(CC)C1=O. The Labute approximate surface area is 96.0 Å². The first-order chi connectivity index (χ1) is 7.41. The summed E-state index contributed by atoms with van der Waals surface area (Å²) in [5.41, 5.74) is 0. The summed E-state index contributed by atoms with van der Waals surface area (Å²) in [5.74, 6) is -0.291. The van der Waals surface area contributed by atoms with Crippen molar-refractivity contribution in [3.63, 3.8) is 0 Å². The van der Waals surface area contributed by atoms with Crippen molar-refractivity contribution < 1.29 is 13.2 Å². The van der Waals surface area contributed by atoms with Crippen LogP contribution < -0.4 is 0 Å². The van der Waals surface area contributed by atoms with Gasteiger partial charge in [0.05, 0.1) is 6.26 Å². The van der Waals surface area contributed by atoms with E-state index in [1.807, 2.05) is 0 Å². The summed E-state index contributed by atoms with van der Waals surface area (Å²) in [4.78, 5) is 15.7. The third-order valence-corrected chi connectivity index (χ3v) is 3.68. The number of nitrogens with zero attached hydrogens (tertiary/aromatic N) is 3. The molecule has 0 N–H and O–H groups in total. The largest absolute Gasteiger partial charge is 0.288 e. The topological polar surface area (TPSA) is 70.1 Å². The molecule has 1 aliphatic heterocycles. The van der Waals surface area contributed by atoms with Crippen molar-refractivity contribution in [3.05, 3.63) is 0 Å². The fourth-order valence-electron chi connectivity index (χ4n) is 1.77. The molecule has 1 saturated heterocycles. The minimum absolute atomic E-state index is 0.291. The minimum Gasteiger partial charge on any atom is -0.288 e. The van der Waals surface area contributed by atoms with Crippen LogP contribution in [0.25, 0.3) is 0 Å². The van der Waals surface area contributed by atoms with E-state index in [2.05, 4.69) is 11.7 Å². The molecule has 0 spiro atoms. The number of aliphatic imine (C=N–C) groups is 1. The Morgan fingerprint density at radius 2 is 2.19 bits per heavy atom. The molecule has 0 bridgehead atoms. The van der Waals surface area contributed by atoms with Crippen LogP contribution in [0, 0.1) is 0 Å². The Morgan fingerprint density at radius 3 is 2.62 bits per heavy atom. The second kappa shape index (κ2) is 4.92. The molecule has 1 amide bonds. The number of sulfonamides is 1. The summed E-state index contributed by atoms with van der Waals surface area (Å²) >= 11 is 0. The van der Waals surface area contributed by atoms with E-state index in [1.165, 1.54) is 5.01 Å². The van der Waals surface area contributed by atoms with Crippen molar-refractivity contribution in [1.82, 2.24) is 9.42 Å². The first kappa shape index (κ1) is 13.1. The Bertz CT molecular complexity index is 379. The number of rotatable bonds is 3. The number of hydrogen-bond acceptors (Lipinski definition) is 4. The molecule has 1 aliphatic rings. The van der Waals surface area contributed by atoms with Gasteiger partial charge in [0.15, 0.2) is 0 Å². The van der Waals surface area contributed by atoms with Crippen molar-refractivity contribution in [3.8, 4) is 0 Å². The molecule has 1 atom stereocenters. The summed E-state index contributed by atoms with van der Waals surface area (Å²) in [6.45, 7) is 5.75. The Kier molecular flexibility index (Phi) is 4.03. The maximum atomic E-state index is 12.0. The van der Waals surface area contributed by atoms with E-state index in [0.29, 0.717) is 25.9 Å². The molecule has 7 heteroatoms. The van der Waals surface area contributed by atoms with E-state index < -0.39 is 16.1 Å². The maximum Gasteiger partial charge on any atom is 0.262 e. The smallest absolute Gasteiger partial charge is 0.262 e. The summed E-state index contributed by atoms with van der Waals surface area (Å²) in [7, 11) is -3.40. The standard InChI is InChI=1S/C9H17N3O3S/c1-4-11-9(13)8(10-2)6-5-7-12(11)16(3,14)15/h8H,2,4-7H2,1,3H3/t8-/m0/s1. The molecule has 16 heavy (non-hydrogen) atoms. The van der Waals surface area contributed by atoms with Gasteiger partial charge in [-0.3, -0.25) is 14.8 Å². The van der Waals surface area contributed by atoms with Gasteiger partial charge in [-0.25, -0.2) is 8.42 Å². The fourth-order valence-corrected chi connectivity index (χ4v) is 2.79. The van der Waals surface area contributed by atoms with E-state index in [0.717, 1.165) is 10.7 Å². The highest BCUT2D eigenvalue weighted by atomic mass is 32.2. The monoisotopic (exact) mass is 247 g/mol. The predicted octanol–water partition coefficient (Wildman–Crippen LogP) is -0.125. The van der Waals surface area contributed by atoms with Gasteiger partial charge in [0, 0.05) is 13.1 Å². The molecule has 0 saturated carbocycles. The first-order valence-electron chi connectivity index (χ1n) is 5.16. The molecule has 6 nitrogen and oxygen atoms in total. The molecule has 0 aromatic carbocycles. The Balaban J connectivity index is 3.05. The zero-order valence-corrected chi connectivity index (χ0v) is 10.4. The van der Waals surface area contributed by atoms with Crippen LogP contribution >= 0.6 is 0 Å². The van der Waals surface area contributed by atoms with Crippen LogP contribution in [0.15, 0.2) is 4.99 Å². The highest BCUT2D eigenvalue weighted by molar-refractivity contribution is 7.88. The highest BCUT2D eigenvalue weighted by Crippen LogP contribution is 2.17. The van der Waals surface area contributed by atoms with Crippen molar-refractivity contribution in [1.29, 1.82) is 0 Å². The molecular formula is C9H17N3O3S. The van der Waals surface area contributed by atoms with E-state index in [1.54, 1.807) is 6.92 Å². The van der Waals surface area contributed by atoms with Crippen LogP contribution in [0.5, 0.6) is 0 Å². The Morgan fingerprint density at radius 1 is 1.56 bits per heavy atom. The summed E-state index contributed by atoms with van der Waals surface area (Å²) in [6.07, 6.45) is 2.26. The molecule has 1 heterocycles. The number of hydrazine groups is 1. The van der Waals surface area contributed by atoms with Gasteiger partial charge >= 0.3 is 0 Å². The molecule has 0 aromatic heterocycles. The van der Waals surface area contributed by atoms with Gasteiger partial charge < -0.3 is 0 Å². The van der Waals surface area contributed by atoms with Crippen LogP contribution in [0.4, 0.5) is 0 Å². The van der Waals surface area contributed by atoms with Crippen LogP contribution in [-0.4, -0.2) is 55.9 Å². The molecule has 0 aromatic rings. The third-order valence-electron chi connectivity index (χ3n) is 2.54. The molecular weight excluding hydrogens is 230 g/mol. The molecule has 1 rings (SSSR count). The number of carbonyl (C=O) groups excluding carboxylic acids is 1. The van der Waals surface area contributed by atoms with Gasteiger partial charge in [0.25, 0.3) is 5.91 Å². The molecule has 0 radical (unpaired) electrons. The molecule has 0 aliphatic carbocycles. The summed E-state index contributed by atoms with van der Waals surface area (Å²) in [5, 5.41) is 1.24. The van der Waals surface area contributed by atoms with Crippen LogP contribution in [-0.2, 0) is 14.8 Å². The first-order valence-corrected chi connectivity index (χ1v) is 7.01. The van der Waals surface area contributed by atoms with Gasteiger partial charge in [-0.2, -0.15) is 0 Å². The molecule has 1 fully saturated rings.